The third-order valence-corrected chi connectivity index (χ3v) is 5.51. The number of carbonyl (C=O) groups is 1. The Morgan fingerprint density at radius 2 is 2.33 bits per heavy atom. The minimum absolute atomic E-state index is 0.186. The lowest BCUT2D eigenvalue weighted by Gasteiger charge is -2.27. The van der Waals surface area contributed by atoms with Crippen LogP contribution in [-0.2, 0) is 4.79 Å². The van der Waals surface area contributed by atoms with Crippen molar-refractivity contribution in [2.24, 2.45) is 0 Å². The van der Waals surface area contributed by atoms with Gasteiger partial charge >= 0.3 is 0 Å². The summed E-state index contributed by atoms with van der Waals surface area (Å²) in [4.78, 5) is 11.9. The second-order valence-corrected chi connectivity index (χ2v) is 6.45. The van der Waals surface area contributed by atoms with Gasteiger partial charge in [-0.2, -0.15) is 11.8 Å². The Hall–Kier alpha value is 0.130. The Morgan fingerprint density at radius 3 is 3.00 bits per heavy atom. The van der Waals surface area contributed by atoms with Crippen molar-refractivity contribution in [3.63, 3.8) is 0 Å². The molecule has 2 heterocycles. The van der Waals surface area contributed by atoms with Crippen molar-refractivity contribution < 1.29 is 4.79 Å². The van der Waals surface area contributed by atoms with E-state index in [4.69, 9.17) is 0 Å². The first kappa shape index (κ1) is 11.6. The molecule has 2 rings (SSSR count). The summed E-state index contributed by atoms with van der Waals surface area (Å²) < 4.78 is 0. The molecule has 2 N–H and O–H groups in total. The molecule has 5 heteroatoms. The molecule has 3 nitrogen and oxygen atoms in total. The zero-order valence-electron chi connectivity index (χ0n) is 8.83. The number of rotatable bonds is 2. The molecule has 2 aliphatic heterocycles. The van der Waals surface area contributed by atoms with Crippen LogP contribution in [-0.4, -0.2) is 47.5 Å². The first-order valence-electron chi connectivity index (χ1n) is 5.57. The Morgan fingerprint density at radius 1 is 1.40 bits per heavy atom. The van der Waals surface area contributed by atoms with Crippen LogP contribution in [0.1, 0.15) is 12.8 Å². The molecule has 2 fully saturated rings. The van der Waals surface area contributed by atoms with Gasteiger partial charge in [0.1, 0.15) is 0 Å². The molecule has 1 amide bonds. The maximum Gasteiger partial charge on any atom is 0.234 e. The molecule has 0 aliphatic carbocycles. The molecular formula is C10H18N2OS2. The average Bonchev–Trinajstić information content (AvgIpc) is 2.31. The van der Waals surface area contributed by atoms with Gasteiger partial charge < -0.3 is 10.6 Å². The highest BCUT2D eigenvalue weighted by Gasteiger charge is 2.24. The van der Waals surface area contributed by atoms with E-state index in [1.54, 1.807) is 11.8 Å². The van der Waals surface area contributed by atoms with Gasteiger partial charge in [0, 0.05) is 29.8 Å². The molecular weight excluding hydrogens is 228 g/mol. The van der Waals surface area contributed by atoms with E-state index in [1.807, 2.05) is 11.8 Å². The molecule has 0 bridgehead atoms. The second-order valence-electron chi connectivity index (χ2n) is 3.99. The number of carbonyl (C=O) groups excluding carboxylic acids is 1. The van der Waals surface area contributed by atoms with Crippen molar-refractivity contribution in [3.8, 4) is 0 Å². The van der Waals surface area contributed by atoms with Gasteiger partial charge in [-0.15, -0.1) is 11.8 Å². The van der Waals surface area contributed by atoms with Gasteiger partial charge in [0.05, 0.1) is 5.25 Å². The molecule has 0 spiro atoms. The third kappa shape index (κ3) is 3.57. The lowest BCUT2D eigenvalue weighted by atomic mass is 10.1. The van der Waals surface area contributed by atoms with E-state index >= 15 is 0 Å². The molecule has 0 aromatic carbocycles. The van der Waals surface area contributed by atoms with Gasteiger partial charge in [-0.05, 0) is 19.4 Å². The summed E-state index contributed by atoms with van der Waals surface area (Å²) in [5.41, 5.74) is 0. The van der Waals surface area contributed by atoms with Gasteiger partial charge in [-0.3, -0.25) is 4.79 Å². The topological polar surface area (TPSA) is 41.1 Å². The Kier molecular flexibility index (Phi) is 4.65. The minimum Gasteiger partial charge on any atom is -0.351 e. The number of hydrogen-bond donors (Lipinski definition) is 2. The molecule has 1 unspecified atom stereocenters. The van der Waals surface area contributed by atoms with Crippen molar-refractivity contribution >= 4 is 29.4 Å². The Balaban J connectivity index is 1.74. The fourth-order valence-electron chi connectivity index (χ4n) is 1.91. The van der Waals surface area contributed by atoms with Gasteiger partial charge in [-0.1, -0.05) is 0 Å². The van der Waals surface area contributed by atoms with E-state index < -0.39 is 0 Å². The Bertz CT molecular complexity index is 213. The zero-order chi connectivity index (χ0) is 10.5. The van der Waals surface area contributed by atoms with E-state index in [0.29, 0.717) is 6.04 Å². The van der Waals surface area contributed by atoms with Gasteiger partial charge in [0.2, 0.25) is 5.91 Å². The van der Waals surface area contributed by atoms with E-state index in [1.165, 1.54) is 12.2 Å². The highest BCUT2D eigenvalue weighted by molar-refractivity contribution is 8.07. The van der Waals surface area contributed by atoms with Crippen molar-refractivity contribution in [3.05, 3.63) is 0 Å². The van der Waals surface area contributed by atoms with Crippen LogP contribution in [0.25, 0.3) is 0 Å². The van der Waals surface area contributed by atoms with Crippen LogP contribution in [0.3, 0.4) is 0 Å². The lowest BCUT2D eigenvalue weighted by Crippen LogP contribution is -2.49. The highest BCUT2D eigenvalue weighted by Crippen LogP contribution is 2.24. The summed E-state index contributed by atoms with van der Waals surface area (Å²) in [5.74, 6) is 3.54. The van der Waals surface area contributed by atoms with Gasteiger partial charge in [0.15, 0.2) is 0 Å². The van der Waals surface area contributed by atoms with Crippen LogP contribution in [0, 0.1) is 0 Å². The molecule has 86 valence electrons. The molecule has 0 radical (unpaired) electrons. The predicted octanol–water partition coefficient (Wildman–Crippen LogP) is 0.703. The summed E-state index contributed by atoms with van der Waals surface area (Å²) in [5, 5.41) is 6.66. The van der Waals surface area contributed by atoms with Crippen LogP contribution in [0.15, 0.2) is 0 Å². The molecule has 0 aromatic rings. The first-order valence-corrected chi connectivity index (χ1v) is 7.77. The lowest BCUT2D eigenvalue weighted by molar-refractivity contribution is -0.121. The summed E-state index contributed by atoms with van der Waals surface area (Å²) in [6, 6.07) is 0.360. The van der Waals surface area contributed by atoms with E-state index in [0.717, 1.165) is 31.0 Å². The van der Waals surface area contributed by atoms with Crippen molar-refractivity contribution in [2.75, 3.05) is 30.3 Å². The smallest absolute Gasteiger partial charge is 0.234 e. The molecule has 2 atom stereocenters. The van der Waals surface area contributed by atoms with Crippen molar-refractivity contribution in [2.45, 2.75) is 24.1 Å². The van der Waals surface area contributed by atoms with Crippen LogP contribution in [0.2, 0.25) is 0 Å². The van der Waals surface area contributed by atoms with Crippen LogP contribution >= 0.6 is 23.5 Å². The van der Waals surface area contributed by atoms with Crippen LogP contribution < -0.4 is 10.6 Å². The number of nitrogens with one attached hydrogen (secondary N) is 2. The standard InChI is InChI=1S/C10H18N2OS2/c13-10(9-7-14-4-5-15-9)12-8-2-1-3-11-6-8/h8-9,11H,1-7H2,(H,12,13)/t8-,9?/m1/s1. The number of thioether (sulfide) groups is 2. The van der Waals surface area contributed by atoms with Gasteiger partial charge in [-0.25, -0.2) is 0 Å². The largest absolute Gasteiger partial charge is 0.351 e. The highest BCUT2D eigenvalue weighted by atomic mass is 32.2. The summed E-state index contributed by atoms with van der Waals surface area (Å²) in [6.07, 6.45) is 2.31. The number of hydrogen-bond acceptors (Lipinski definition) is 4. The fourth-order valence-corrected chi connectivity index (χ4v) is 4.47. The second kappa shape index (κ2) is 6.01. The summed E-state index contributed by atoms with van der Waals surface area (Å²) >= 11 is 3.70. The first-order chi connectivity index (χ1) is 7.36. The summed E-state index contributed by atoms with van der Waals surface area (Å²) in [7, 11) is 0. The normalized spacial score (nSPS) is 32.3. The monoisotopic (exact) mass is 246 g/mol. The molecule has 2 saturated heterocycles. The molecule has 15 heavy (non-hydrogen) atoms. The van der Waals surface area contributed by atoms with E-state index in [-0.39, 0.29) is 11.2 Å². The number of amides is 1. The van der Waals surface area contributed by atoms with Gasteiger partial charge in [0.25, 0.3) is 0 Å². The Labute approximate surface area is 99.5 Å². The van der Waals surface area contributed by atoms with E-state index in [2.05, 4.69) is 10.6 Å². The number of piperidine rings is 1. The average molecular weight is 246 g/mol. The van der Waals surface area contributed by atoms with Crippen molar-refractivity contribution in [1.29, 1.82) is 0 Å². The van der Waals surface area contributed by atoms with Crippen LogP contribution in [0.5, 0.6) is 0 Å². The maximum absolute atomic E-state index is 11.9. The summed E-state index contributed by atoms with van der Waals surface area (Å²) in [6.45, 7) is 2.04. The predicted molar refractivity (Wildman–Crippen MR) is 67.6 cm³/mol. The van der Waals surface area contributed by atoms with Crippen molar-refractivity contribution in [1.82, 2.24) is 10.6 Å². The zero-order valence-corrected chi connectivity index (χ0v) is 10.5. The van der Waals surface area contributed by atoms with E-state index in [9.17, 15) is 4.79 Å². The fraction of sp³-hybridized carbons (Fsp3) is 0.900. The van der Waals surface area contributed by atoms with Crippen LogP contribution in [0.4, 0.5) is 0 Å². The molecule has 2 aliphatic rings. The SMILES string of the molecule is O=C(N[C@@H]1CCCNC1)C1CSCCS1. The molecule has 0 saturated carbocycles. The third-order valence-electron chi connectivity index (χ3n) is 2.75. The molecule has 0 aromatic heterocycles. The quantitative estimate of drug-likeness (QED) is 0.753. The minimum atomic E-state index is 0.186. The maximum atomic E-state index is 11.9.